The second kappa shape index (κ2) is 7.31. The van der Waals surface area contributed by atoms with E-state index in [1.54, 1.807) is 24.6 Å². The Morgan fingerprint density at radius 2 is 2.04 bits per heavy atom. The highest BCUT2D eigenvalue weighted by atomic mass is 32.1. The molecule has 24 heavy (non-hydrogen) atoms. The van der Waals surface area contributed by atoms with E-state index in [9.17, 15) is 9.59 Å². The number of para-hydroxylation sites is 1. The highest BCUT2D eigenvalue weighted by molar-refractivity contribution is 7.09. The van der Waals surface area contributed by atoms with Gasteiger partial charge >= 0.3 is 0 Å². The van der Waals surface area contributed by atoms with Crippen LogP contribution in [0.3, 0.4) is 0 Å². The van der Waals surface area contributed by atoms with Gasteiger partial charge in [-0.25, -0.2) is 0 Å². The molecule has 0 bridgehead atoms. The number of carbonyl (C=O) groups excluding carboxylic acids is 2. The third-order valence-corrected chi connectivity index (χ3v) is 4.76. The highest BCUT2D eigenvalue weighted by Gasteiger charge is 2.18. The van der Waals surface area contributed by atoms with Crippen molar-refractivity contribution in [3.63, 3.8) is 0 Å². The van der Waals surface area contributed by atoms with Crippen LogP contribution >= 0.6 is 11.3 Å². The van der Waals surface area contributed by atoms with Crippen molar-refractivity contribution >= 4 is 34.1 Å². The van der Waals surface area contributed by atoms with Gasteiger partial charge in [0.05, 0.1) is 12.1 Å². The number of nitrogens with zero attached hydrogens (tertiary/aromatic N) is 1. The van der Waals surface area contributed by atoms with Crippen LogP contribution in [0.4, 0.5) is 0 Å². The summed E-state index contributed by atoms with van der Waals surface area (Å²) in [5.74, 6) is -0.317. The van der Waals surface area contributed by atoms with Gasteiger partial charge in [0.15, 0.2) is 0 Å². The molecule has 0 spiro atoms. The van der Waals surface area contributed by atoms with Crippen molar-refractivity contribution in [3.8, 4) is 0 Å². The zero-order valence-corrected chi connectivity index (χ0v) is 14.2. The average Bonchev–Trinajstić information content (AvgIpc) is 3.23. The van der Waals surface area contributed by atoms with Crippen LogP contribution in [0.2, 0.25) is 0 Å². The van der Waals surface area contributed by atoms with Crippen LogP contribution in [0.1, 0.15) is 15.2 Å². The number of thiophene rings is 1. The fraction of sp³-hybridized carbons (Fsp3) is 0.222. The van der Waals surface area contributed by atoms with E-state index in [0.717, 1.165) is 17.3 Å². The summed E-state index contributed by atoms with van der Waals surface area (Å²) >= 11 is 1.67. The van der Waals surface area contributed by atoms with E-state index in [4.69, 9.17) is 0 Å². The van der Waals surface area contributed by atoms with E-state index in [-0.39, 0.29) is 18.4 Å². The van der Waals surface area contributed by atoms with Crippen molar-refractivity contribution in [2.45, 2.75) is 6.42 Å². The molecule has 0 aliphatic heterocycles. The molecule has 2 aromatic heterocycles. The van der Waals surface area contributed by atoms with Crippen LogP contribution in [-0.4, -0.2) is 41.8 Å². The second-order valence-electron chi connectivity index (χ2n) is 5.59. The maximum atomic E-state index is 12.5. The summed E-state index contributed by atoms with van der Waals surface area (Å²) in [5.41, 5.74) is 1.49. The van der Waals surface area contributed by atoms with Gasteiger partial charge in [-0.15, -0.1) is 11.3 Å². The Morgan fingerprint density at radius 1 is 1.21 bits per heavy atom. The number of aromatic amines is 1. The minimum absolute atomic E-state index is 0.0444. The van der Waals surface area contributed by atoms with E-state index >= 15 is 0 Å². The summed E-state index contributed by atoms with van der Waals surface area (Å²) in [5, 5.41) is 5.74. The number of amides is 2. The Hall–Kier alpha value is -2.60. The average molecular weight is 341 g/mol. The van der Waals surface area contributed by atoms with Gasteiger partial charge in [-0.3, -0.25) is 9.59 Å². The highest BCUT2D eigenvalue weighted by Crippen LogP contribution is 2.18. The number of carbonyl (C=O) groups is 2. The lowest BCUT2D eigenvalue weighted by Gasteiger charge is -2.16. The third-order valence-electron chi connectivity index (χ3n) is 3.82. The zero-order valence-electron chi connectivity index (χ0n) is 13.4. The Labute approximate surface area is 144 Å². The predicted molar refractivity (Wildman–Crippen MR) is 96.3 cm³/mol. The molecule has 2 N–H and O–H groups in total. The Balaban J connectivity index is 1.54. The number of nitrogens with one attached hydrogen (secondary N) is 2. The first kappa shape index (κ1) is 16.3. The fourth-order valence-corrected chi connectivity index (χ4v) is 3.29. The standard InChI is InChI=1S/C18H19N3O2S/c1-21(12-17(22)19-9-8-13-5-4-10-24-13)18(23)15-11-20-16-7-3-2-6-14(15)16/h2-7,10-11,20H,8-9,12H2,1H3,(H,19,22). The number of aromatic nitrogens is 1. The van der Waals surface area contributed by atoms with Crippen LogP contribution in [0, 0.1) is 0 Å². The number of hydrogen-bond donors (Lipinski definition) is 2. The summed E-state index contributed by atoms with van der Waals surface area (Å²) in [4.78, 5) is 30.3. The zero-order chi connectivity index (χ0) is 16.9. The molecule has 0 aliphatic carbocycles. The van der Waals surface area contributed by atoms with Gasteiger partial charge in [0.2, 0.25) is 5.91 Å². The van der Waals surface area contributed by atoms with E-state index in [1.807, 2.05) is 41.8 Å². The monoisotopic (exact) mass is 341 g/mol. The molecule has 124 valence electrons. The molecule has 1 aromatic carbocycles. The number of benzene rings is 1. The molecule has 0 fully saturated rings. The predicted octanol–water partition coefficient (Wildman–Crippen LogP) is 2.66. The Morgan fingerprint density at radius 3 is 2.83 bits per heavy atom. The summed E-state index contributed by atoms with van der Waals surface area (Å²) in [6, 6.07) is 11.7. The van der Waals surface area contributed by atoms with Gasteiger partial charge < -0.3 is 15.2 Å². The van der Waals surface area contributed by atoms with Crippen molar-refractivity contribution in [1.29, 1.82) is 0 Å². The minimum Gasteiger partial charge on any atom is -0.360 e. The number of hydrogen-bond acceptors (Lipinski definition) is 3. The molecule has 0 aliphatic rings. The number of H-pyrrole nitrogens is 1. The lowest BCUT2D eigenvalue weighted by Crippen LogP contribution is -2.38. The van der Waals surface area contributed by atoms with Crippen molar-refractivity contribution in [2.75, 3.05) is 20.1 Å². The van der Waals surface area contributed by atoms with Gasteiger partial charge in [-0.2, -0.15) is 0 Å². The first-order valence-corrected chi connectivity index (χ1v) is 8.64. The van der Waals surface area contributed by atoms with Crippen LogP contribution in [0.15, 0.2) is 48.0 Å². The third kappa shape index (κ3) is 3.65. The Kier molecular flexibility index (Phi) is 4.96. The van der Waals surface area contributed by atoms with Crippen molar-refractivity contribution in [1.82, 2.24) is 15.2 Å². The normalized spacial score (nSPS) is 10.7. The molecule has 2 heterocycles. The van der Waals surface area contributed by atoms with Crippen molar-refractivity contribution in [2.24, 2.45) is 0 Å². The number of fused-ring (bicyclic) bond motifs is 1. The molecule has 0 saturated heterocycles. The molecule has 0 unspecified atom stereocenters. The molecule has 3 rings (SSSR count). The van der Waals surface area contributed by atoms with Crippen LogP contribution in [0.25, 0.3) is 10.9 Å². The minimum atomic E-state index is -0.166. The second-order valence-corrected chi connectivity index (χ2v) is 6.62. The summed E-state index contributed by atoms with van der Waals surface area (Å²) in [6.45, 7) is 0.622. The molecule has 2 amide bonds. The van der Waals surface area contributed by atoms with Crippen LogP contribution in [-0.2, 0) is 11.2 Å². The topological polar surface area (TPSA) is 65.2 Å². The van der Waals surface area contributed by atoms with Crippen LogP contribution < -0.4 is 5.32 Å². The largest absolute Gasteiger partial charge is 0.360 e. The molecule has 0 atom stereocenters. The molecule has 6 heteroatoms. The van der Waals surface area contributed by atoms with Crippen molar-refractivity contribution < 1.29 is 9.59 Å². The molecule has 0 radical (unpaired) electrons. The quantitative estimate of drug-likeness (QED) is 0.724. The summed E-state index contributed by atoms with van der Waals surface area (Å²) < 4.78 is 0. The maximum absolute atomic E-state index is 12.5. The first-order valence-electron chi connectivity index (χ1n) is 7.76. The first-order chi connectivity index (χ1) is 11.6. The van der Waals surface area contributed by atoms with Gasteiger partial charge in [0, 0.05) is 35.6 Å². The smallest absolute Gasteiger partial charge is 0.256 e. The van der Waals surface area contributed by atoms with Gasteiger partial charge in [-0.05, 0) is 23.9 Å². The molecule has 0 saturated carbocycles. The Bertz CT molecular complexity index is 839. The summed E-state index contributed by atoms with van der Waals surface area (Å²) in [7, 11) is 1.64. The van der Waals surface area contributed by atoms with Crippen LogP contribution in [0.5, 0.6) is 0 Å². The molecule has 5 nitrogen and oxygen atoms in total. The fourth-order valence-electron chi connectivity index (χ4n) is 2.58. The van der Waals surface area contributed by atoms with Gasteiger partial charge in [0.25, 0.3) is 5.91 Å². The van der Waals surface area contributed by atoms with Crippen molar-refractivity contribution in [3.05, 3.63) is 58.4 Å². The van der Waals surface area contributed by atoms with Gasteiger partial charge in [-0.1, -0.05) is 24.3 Å². The molecule has 3 aromatic rings. The van der Waals surface area contributed by atoms with E-state index < -0.39 is 0 Å². The van der Waals surface area contributed by atoms with Gasteiger partial charge in [0.1, 0.15) is 0 Å². The maximum Gasteiger partial charge on any atom is 0.256 e. The molecular weight excluding hydrogens is 322 g/mol. The SMILES string of the molecule is CN(CC(=O)NCCc1cccs1)C(=O)c1c[nH]c2ccccc12. The van der Waals surface area contributed by atoms with E-state index in [1.165, 1.54) is 9.78 Å². The number of likely N-dealkylation sites (N-methyl/N-ethyl adjacent to an activating group) is 1. The number of rotatable bonds is 6. The van der Waals surface area contributed by atoms with E-state index in [2.05, 4.69) is 10.3 Å². The molecular formula is C18H19N3O2S. The summed E-state index contributed by atoms with van der Waals surface area (Å²) in [6.07, 6.45) is 2.50. The lowest BCUT2D eigenvalue weighted by molar-refractivity contribution is -0.121. The van der Waals surface area contributed by atoms with E-state index in [0.29, 0.717) is 12.1 Å². The lowest BCUT2D eigenvalue weighted by atomic mass is 10.1.